The Bertz CT molecular complexity index is 1070. The molecule has 0 bridgehead atoms. The molecule has 0 spiro atoms. The van der Waals surface area contributed by atoms with Gasteiger partial charge in [-0.1, -0.05) is 20.3 Å². The van der Waals surface area contributed by atoms with Crippen molar-refractivity contribution in [1.82, 2.24) is 5.32 Å². The van der Waals surface area contributed by atoms with Crippen LogP contribution in [0.25, 0.3) is 0 Å². The third-order valence-corrected chi connectivity index (χ3v) is 11.8. The fourth-order valence-electron chi connectivity index (χ4n) is 10.1. The van der Waals surface area contributed by atoms with E-state index in [1.807, 2.05) is 6.07 Å². The lowest BCUT2D eigenvalue weighted by Crippen LogP contribution is -2.57. The molecule has 208 valence electrons. The van der Waals surface area contributed by atoms with Gasteiger partial charge in [0.1, 0.15) is 5.82 Å². The average molecular weight is 523 g/mol. The van der Waals surface area contributed by atoms with Gasteiger partial charge in [-0.05, 0) is 136 Å². The van der Waals surface area contributed by atoms with Crippen LogP contribution in [-0.2, 0) is 4.74 Å². The minimum atomic E-state index is -0.622. The minimum absolute atomic E-state index is 0.00949. The van der Waals surface area contributed by atoms with Crippen LogP contribution in [0.2, 0.25) is 0 Å². The molecule has 0 aromatic heterocycles. The van der Waals surface area contributed by atoms with E-state index >= 15 is 0 Å². The molecule has 38 heavy (non-hydrogen) atoms. The Balaban J connectivity index is 1.28. The lowest BCUT2D eigenvalue weighted by Gasteiger charge is -2.63. The fraction of sp³-hybridized carbons (Fsp3) is 0.758. The second-order valence-electron chi connectivity index (χ2n) is 13.7. The number of nitrogens with zero attached hydrogens (tertiary/aromatic N) is 1. The Labute approximate surface area is 229 Å². The number of benzene rings is 1. The van der Waals surface area contributed by atoms with Crippen LogP contribution in [-0.4, -0.2) is 25.2 Å². The highest BCUT2D eigenvalue weighted by Gasteiger charge is 2.58. The molecule has 4 nitrogen and oxygen atoms in total. The van der Waals surface area contributed by atoms with Crippen molar-refractivity contribution in [2.45, 2.75) is 97.9 Å². The summed E-state index contributed by atoms with van der Waals surface area (Å²) in [5.74, 6) is 3.36. The van der Waals surface area contributed by atoms with Gasteiger partial charge in [-0.15, -0.1) is 0 Å². The Morgan fingerprint density at radius 1 is 1.13 bits per heavy atom. The second-order valence-corrected chi connectivity index (χ2v) is 13.7. The predicted octanol–water partition coefficient (Wildman–Crippen LogP) is 7.52. The van der Waals surface area contributed by atoms with Crippen molar-refractivity contribution in [3.63, 3.8) is 0 Å². The third kappa shape index (κ3) is 4.91. The topological polar surface area (TPSA) is 62.1 Å². The quantitative estimate of drug-likeness (QED) is 0.420. The zero-order valence-electron chi connectivity index (χ0n) is 23.9. The molecule has 1 aromatic rings. The maximum atomic E-state index is 14.5. The first-order valence-electron chi connectivity index (χ1n) is 15.3. The standard InChI is InChI=1S/C33H47FN2O2/c1-5-38-20-23-10-12-28-24-14-16-33(4)27(7-6-8-29(33)25(24)13-15-32(28,3)18-23)21(2)36-31(37)26-11-9-22(19-35)17-30(26)34/h9,11,17,21,23-25,27-29H,5-8,10,12-16,18,20H2,1-4H3,(H,36,37)/t21-,23-,24?,25+,27+,28+,29?,32+,33+/m0/s1. The molecule has 4 fully saturated rings. The number of amides is 1. The van der Waals surface area contributed by atoms with E-state index in [0.29, 0.717) is 11.3 Å². The Morgan fingerprint density at radius 3 is 2.63 bits per heavy atom. The first kappa shape index (κ1) is 27.6. The zero-order valence-corrected chi connectivity index (χ0v) is 23.9. The SMILES string of the molecule is CCOC[C@H]1CC[C@@H]2C3CC[C@@]4(C)C(CCC[C@@H]4[C@H](C)NC(=O)c4ccc(C#N)cc4F)[C@@H]3CC[C@]2(C)C1. The highest BCUT2D eigenvalue weighted by atomic mass is 19.1. The molecule has 4 aliphatic rings. The van der Waals surface area contributed by atoms with Crippen molar-refractivity contribution in [3.8, 4) is 6.07 Å². The van der Waals surface area contributed by atoms with Gasteiger partial charge in [0, 0.05) is 19.3 Å². The van der Waals surface area contributed by atoms with Gasteiger partial charge in [-0.25, -0.2) is 4.39 Å². The number of ether oxygens (including phenoxy) is 1. The fourth-order valence-corrected chi connectivity index (χ4v) is 10.1. The first-order valence-corrected chi connectivity index (χ1v) is 15.3. The summed E-state index contributed by atoms with van der Waals surface area (Å²) in [7, 11) is 0. The van der Waals surface area contributed by atoms with Crippen LogP contribution in [0.1, 0.15) is 108 Å². The number of fused-ring (bicyclic) bond motifs is 5. The van der Waals surface area contributed by atoms with E-state index in [-0.39, 0.29) is 28.5 Å². The van der Waals surface area contributed by atoms with E-state index in [1.165, 1.54) is 69.9 Å². The number of nitriles is 1. The average Bonchev–Trinajstić information content (AvgIpc) is 2.90. The van der Waals surface area contributed by atoms with E-state index < -0.39 is 5.82 Å². The van der Waals surface area contributed by atoms with Crippen molar-refractivity contribution in [2.24, 2.45) is 46.3 Å². The number of hydrogen-bond acceptors (Lipinski definition) is 3. The molecule has 1 N–H and O–H groups in total. The molecule has 4 saturated carbocycles. The highest BCUT2D eigenvalue weighted by molar-refractivity contribution is 5.94. The molecule has 0 radical (unpaired) electrons. The van der Waals surface area contributed by atoms with Crippen LogP contribution >= 0.6 is 0 Å². The van der Waals surface area contributed by atoms with Gasteiger partial charge in [-0.2, -0.15) is 5.26 Å². The van der Waals surface area contributed by atoms with Crippen molar-refractivity contribution < 1.29 is 13.9 Å². The first-order chi connectivity index (χ1) is 18.2. The molecule has 2 unspecified atom stereocenters. The molecule has 1 amide bonds. The lowest BCUT2D eigenvalue weighted by atomic mass is 9.42. The predicted molar refractivity (Wildman–Crippen MR) is 148 cm³/mol. The Morgan fingerprint density at radius 2 is 1.89 bits per heavy atom. The molecule has 9 atom stereocenters. The number of carbonyl (C=O) groups excluding carboxylic acids is 1. The summed E-state index contributed by atoms with van der Waals surface area (Å²) in [6.07, 6.45) is 12.9. The van der Waals surface area contributed by atoms with Crippen LogP contribution in [0.4, 0.5) is 4.39 Å². The summed E-state index contributed by atoms with van der Waals surface area (Å²) in [6.45, 7) is 11.1. The summed E-state index contributed by atoms with van der Waals surface area (Å²) in [5.41, 5.74) is 0.950. The minimum Gasteiger partial charge on any atom is -0.381 e. The van der Waals surface area contributed by atoms with Crippen molar-refractivity contribution in [2.75, 3.05) is 13.2 Å². The molecule has 5 heteroatoms. The van der Waals surface area contributed by atoms with Gasteiger partial charge in [-0.3, -0.25) is 4.79 Å². The Hall–Kier alpha value is -1.93. The maximum absolute atomic E-state index is 14.5. The monoisotopic (exact) mass is 522 g/mol. The number of hydrogen-bond donors (Lipinski definition) is 1. The highest BCUT2D eigenvalue weighted by Crippen LogP contribution is 2.66. The summed E-state index contributed by atoms with van der Waals surface area (Å²) in [5, 5.41) is 12.2. The summed E-state index contributed by atoms with van der Waals surface area (Å²) in [6, 6.07) is 6.04. The van der Waals surface area contributed by atoms with Gasteiger partial charge in [0.2, 0.25) is 0 Å². The maximum Gasteiger partial charge on any atom is 0.254 e. The van der Waals surface area contributed by atoms with Crippen LogP contribution in [0.3, 0.4) is 0 Å². The van der Waals surface area contributed by atoms with E-state index in [4.69, 9.17) is 10.00 Å². The molecule has 0 aliphatic heterocycles. The van der Waals surface area contributed by atoms with Crippen LogP contribution in [0, 0.1) is 63.5 Å². The zero-order chi connectivity index (χ0) is 27.1. The van der Waals surface area contributed by atoms with Crippen LogP contribution in [0.15, 0.2) is 18.2 Å². The number of halogens is 1. The van der Waals surface area contributed by atoms with E-state index in [0.717, 1.165) is 55.3 Å². The Kier molecular flexibility index (Phi) is 7.94. The van der Waals surface area contributed by atoms with Crippen LogP contribution < -0.4 is 5.32 Å². The second kappa shape index (κ2) is 10.9. The third-order valence-electron chi connectivity index (χ3n) is 11.8. The molecule has 1 aromatic carbocycles. The van der Waals surface area contributed by atoms with E-state index in [2.05, 4.69) is 33.0 Å². The van der Waals surface area contributed by atoms with Gasteiger partial charge >= 0.3 is 0 Å². The van der Waals surface area contributed by atoms with E-state index in [9.17, 15) is 9.18 Å². The number of nitrogens with one attached hydrogen (secondary N) is 1. The lowest BCUT2D eigenvalue weighted by molar-refractivity contribution is -0.140. The van der Waals surface area contributed by atoms with Gasteiger partial charge in [0.25, 0.3) is 5.91 Å². The number of carbonyl (C=O) groups is 1. The molecule has 0 saturated heterocycles. The molecular weight excluding hydrogens is 475 g/mol. The van der Waals surface area contributed by atoms with Gasteiger partial charge in [0.05, 0.1) is 17.2 Å². The molecule has 0 heterocycles. The molecule has 5 rings (SSSR count). The van der Waals surface area contributed by atoms with Gasteiger partial charge in [0.15, 0.2) is 0 Å². The van der Waals surface area contributed by atoms with Crippen molar-refractivity contribution in [3.05, 3.63) is 35.1 Å². The smallest absolute Gasteiger partial charge is 0.254 e. The largest absolute Gasteiger partial charge is 0.381 e. The normalized spacial score (nSPS) is 39.2. The van der Waals surface area contributed by atoms with E-state index in [1.54, 1.807) is 0 Å². The molecule has 4 aliphatic carbocycles. The molecular formula is C33H47FN2O2. The summed E-state index contributed by atoms with van der Waals surface area (Å²) >= 11 is 0. The summed E-state index contributed by atoms with van der Waals surface area (Å²) < 4.78 is 20.4. The van der Waals surface area contributed by atoms with Gasteiger partial charge < -0.3 is 10.1 Å². The van der Waals surface area contributed by atoms with Crippen molar-refractivity contribution in [1.29, 1.82) is 5.26 Å². The van der Waals surface area contributed by atoms with Crippen molar-refractivity contribution >= 4 is 5.91 Å². The number of rotatable bonds is 6. The summed E-state index contributed by atoms with van der Waals surface area (Å²) in [4.78, 5) is 13.1. The van der Waals surface area contributed by atoms with Crippen LogP contribution in [0.5, 0.6) is 0 Å².